The number of halogens is 2. The molecule has 18 heavy (non-hydrogen) atoms. The Morgan fingerprint density at radius 2 is 2.11 bits per heavy atom. The standard InChI is InChI=1S/C12H15F2NO3/c1-8-6-9(12(16)15(2)17-3)4-5-10(8)18-7-11(13)14/h4-6,11H,7H2,1-3H3. The van der Waals surface area contributed by atoms with E-state index in [2.05, 4.69) is 0 Å². The lowest BCUT2D eigenvalue weighted by Gasteiger charge is -2.15. The fraction of sp³-hybridized carbons (Fsp3) is 0.417. The van der Waals surface area contributed by atoms with Crippen molar-refractivity contribution >= 4 is 5.91 Å². The quantitative estimate of drug-likeness (QED) is 0.761. The summed E-state index contributed by atoms with van der Waals surface area (Å²) < 4.78 is 28.9. The number of benzene rings is 1. The summed E-state index contributed by atoms with van der Waals surface area (Å²) in [6, 6.07) is 4.57. The van der Waals surface area contributed by atoms with Gasteiger partial charge in [-0.15, -0.1) is 0 Å². The van der Waals surface area contributed by atoms with Crippen molar-refractivity contribution in [2.24, 2.45) is 0 Å². The zero-order valence-electron chi connectivity index (χ0n) is 10.4. The van der Waals surface area contributed by atoms with E-state index in [9.17, 15) is 13.6 Å². The molecule has 0 radical (unpaired) electrons. The molecule has 0 N–H and O–H groups in total. The third kappa shape index (κ3) is 3.66. The minimum atomic E-state index is -2.52. The van der Waals surface area contributed by atoms with E-state index in [1.807, 2.05) is 0 Å². The molecule has 0 saturated carbocycles. The van der Waals surface area contributed by atoms with Gasteiger partial charge in [0, 0.05) is 12.6 Å². The van der Waals surface area contributed by atoms with Gasteiger partial charge in [0.25, 0.3) is 12.3 Å². The Morgan fingerprint density at radius 3 is 2.61 bits per heavy atom. The molecular formula is C12H15F2NO3. The molecule has 0 aliphatic rings. The van der Waals surface area contributed by atoms with Gasteiger partial charge in [-0.25, -0.2) is 13.8 Å². The van der Waals surface area contributed by atoms with Gasteiger partial charge in [-0.1, -0.05) is 0 Å². The van der Waals surface area contributed by atoms with Crippen LogP contribution in [0.4, 0.5) is 8.78 Å². The van der Waals surface area contributed by atoms with Crippen molar-refractivity contribution < 1.29 is 23.1 Å². The Hall–Kier alpha value is -1.69. The van der Waals surface area contributed by atoms with Crippen LogP contribution in [0, 0.1) is 6.92 Å². The topological polar surface area (TPSA) is 38.8 Å². The summed E-state index contributed by atoms with van der Waals surface area (Å²) in [5, 5.41) is 1.08. The summed E-state index contributed by atoms with van der Waals surface area (Å²) in [7, 11) is 2.86. The maximum atomic E-state index is 12.0. The molecule has 1 amide bonds. The van der Waals surface area contributed by atoms with Crippen LogP contribution < -0.4 is 4.74 Å². The molecule has 0 bridgehead atoms. The zero-order valence-corrected chi connectivity index (χ0v) is 10.4. The van der Waals surface area contributed by atoms with Crippen LogP contribution in [0.25, 0.3) is 0 Å². The van der Waals surface area contributed by atoms with Crippen molar-refractivity contribution in [3.05, 3.63) is 29.3 Å². The Balaban J connectivity index is 2.82. The first kappa shape index (κ1) is 14.4. The van der Waals surface area contributed by atoms with Crippen molar-refractivity contribution in [1.29, 1.82) is 0 Å². The van der Waals surface area contributed by atoms with Crippen LogP contribution in [-0.4, -0.2) is 38.2 Å². The molecule has 0 atom stereocenters. The van der Waals surface area contributed by atoms with Gasteiger partial charge < -0.3 is 4.74 Å². The Morgan fingerprint density at radius 1 is 1.44 bits per heavy atom. The number of hydroxylamine groups is 2. The number of alkyl halides is 2. The summed E-state index contributed by atoms with van der Waals surface area (Å²) in [6.07, 6.45) is -2.52. The van der Waals surface area contributed by atoms with Crippen LogP contribution in [-0.2, 0) is 4.84 Å². The second-order valence-electron chi connectivity index (χ2n) is 3.67. The van der Waals surface area contributed by atoms with Crippen LogP contribution >= 0.6 is 0 Å². The summed E-state index contributed by atoms with van der Waals surface area (Å²) >= 11 is 0. The number of hydrogen-bond acceptors (Lipinski definition) is 3. The lowest BCUT2D eigenvalue weighted by molar-refractivity contribution is -0.0757. The first-order valence-corrected chi connectivity index (χ1v) is 5.29. The molecule has 0 fully saturated rings. The average molecular weight is 259 g/mol. The maximum absolute atomic E-state index is 12.0. The second kappa shape index (κ2) is 6.30. The van der Waals surface area contributed by atoms with Gasteiger partial charge >= 0.3 is 0 Å². The molecule has 0 unspecified atom stereocenters. The van der Waals surface area contributed by atoms with Gasteiger partial charge in [-0.05, 0) is 30.7 Å². The highest BCUT2D eigenvalue weighted by molar-refractivity contribution is 5.93. The normalized spacial score (nSPS) is 10.6. The van der Waals surface area contributed by atoms with E-state index in [1.54, 1.807) is 13.0 Å². The molecule has 1 aromatic carbocycles. The number of nitrogens with zero attached hydrogens (tertiary/aromatic N) is 1. The number of ether oxygens (including phenoxy) is 1. The van der Waals surface area contributed by atoms with Gasteiger partial charge in [0.05, 0.1) is 7.11 Å². The number of rotatable bonds is 5. The molecule has 0 spiro atoms. The molecule has 0 heterocycles. The smallest absolute Gasteiger partial charge is 0.277 e. The van der Waals surface area contributed by atoms with Crippen LogP contribution in [0.15, 0.2) is 18.2 Å². The Labute approximate surface area is 104 Å². The van der Waals surface area contributed by atoms with Gasteiger partial charge in [0.1, 0.15) is 12.4 Å². The van der Waals surface area contributed by atoms with Crippen LogP contribution in [0.2, 0.25) is 0 Å². The van der Waals surface area contributed by atoms with Crippen molar-refractivity contribution in [1.82, 2.24) is 5.06 Å². The first-order valence-electron chi connectivity index (χ1n) is 5.29. The summed E-state index contributed by atoms with van der Waals surface area (Å²) in [4.78, 5) is 16.5. The van der Waals surface area contributed by atoms with E-state index < -0.39 is 13.0 Å². The molecule has 0 aromatic heterocycles. The van der Waals surface area contributed by atoms with E-state index >= 15 is 0 Å². The van der Waals surface area contributed by atoms with Gasteiger partial charge in [-0.3, -0.25) is 9.63 Å². The zero-order chi connectivity index (χ0) is 13.7. The van der Waals surface area contributed by atoms with Crippen molar-refractivity contribution in [3.63, 3.8) is 0 Å². The lowest BCUT2D eigenvalue weighted by atomic mass is 10.1. The van der Waals surface area contributed by atoms with Gasteiger partial charge in [-0.2, -0.15) is 0 Å². The van der Waals surface area contributed by atoms with Crippen molar-refractivity contribution in [2.45, 2.75) is 13.3 Å². The molecule has 100 valence electrons. The van der Waals surface area contributed by atoms with Crippen molar-refractivity contribution in [3.8, 4) is 5.75 Å². The largest absolute Gasteiger partial charge is 0.487 e. The molecule has 4 nitrogen and oxygen atoms in total. The highest BCUT2D eigenvalue weighted by Gasteiger charge is 2.13. The number of amides is 1. The Bertz CT molecular complexity index is 424. The highest BCUT2D eigenvalue weighted by Crippen LogP contribution is 2.20. The monoisotopic (exact) mass is 259 g/mol. The van der Waals surface area contributed by atoms with E-state index in [1.165, 1.54) is 26.3 Å². The third-order valence-electron chi connectivity index (χ3n) is 2.35. The van der Waals surface area contributed by atoms with E-state index in [0.717, 1.165) is 5.06 Å². The molecule has 0 aliphatic heterocycles. The predicted octanol–water partition coefficient (Wildman–Crippen LogP) is 2.27. The molecule has 1 rings (SSSR count). The first-order chi connectivity index (χ1) is 8.45. The molecule has 6 heteroatoms. The SMILES string of the molecule is CON(C)C(=O)c1ccc(OCC(F)F)c(C)c1. The number of carbonyl (C=O) groups excluding carboxylic acids is 1. The van der Waals surface area contributed by atoms with E-state index in [-0.39, 0.29) is 5.91 Å². The van der Waals surface area contributed by atoms with Crippen LogP contribution in [0.3, 0.4) is 0 Å². The minimum Gasteiger partial charge on any atom is -0.487 e. The minimum absolute atomic E-state index is 0.319. The molecule has 1 aromatic rings. The average Bonchev–Trinajstić information content (AvgIpc) is 2.35. The van der Waals surface area contributed by atoms with E-state index in [0.29, 0.717) is 16.9 Å². The fourth-order valence-corrected chi connectivity index (χ4v) is 1.36. The van der Waals surface area contributed by atoms with Crippen molar-refractivity contribution in [2.75, 3.05) is 20.8 Å². The maximum Gasteiger partial charge on any atom is 0.277 e. The van der Waals surface area contributed by atoms with Gasteiger partial charge in [0.15, 0.2) is 0 Å². The molecule has 0 aliphatic carbocycles. The number of carbonyl (C=O) groups is 1. The summed E-state index contributed by atoms with van der Waals surface area (Å²) in [5.74, 6) is 0.0212. The second-order valence-corrected chi connectivity index (χ2v) is 3.67. The molecular weight excluding hydrogens is 244 g/mol. The number of aryl methyl sites for hydroxylation is 1. The summed E-state index contributed by atoms with van der Waals surface area (Å²) in [6.45, 7) is 1.02. The highest BCUT2D eigenvalue weighted by atomic mass is 19.3. The number of hydrogen-bond donors (Lipinski definition) is 0. The summed E-state index contributed by atoms with van der Waals surface area (Å²) in [5.41, 5.74) is 1.02. The molecule has 0 saturated heterocycles. The van der Waals surface area contributed by atoms with E-state index in [4.69, 9.17) is 9.57 Å². The lowest BCUT2D eigenvalue weighted by Crippen LogP contribution is -2.25. The van der Waals surface area contributed by atoms with Gasteiger partial charge in [0.2, 0.25) is 0 Å². The fourth-order valence-electron chi connectivity index (χ4n) is 1.36. The predicted molar refractivity (Wildman–Crippen MR) is 61.8 cm³/mol. The van der Waals surface area contributed by atoms with Crippen LogP contribution in [0.5, 0.6) is 5.75 Å². The van der Waals surface area contributed by atoms with Crippen LogP contribution in [0.1, 0.15) is 15.9 Å². The third-order valence-corrected chi connectivity index (χ3v) is 2.35. The Kier molecular flexibility index (Phi) is 5.03.